The summed E-state index contributed by atoms with van der Waals surface area (Å²) in [5.41, 5.74) is 11.0. The molecule has 0 saturated carbocycles. The molecule has 3 aromatic rings. The van der Waals surface area contributed by atoms with E-state index < -0.39 is 0 Å². The second-order valence-corrected chi connectivity index (χ2v) is 5.45. The number of hydrogen-bond donors (Lipinski definition) is 1. The van der Waals surface area contributed by atoms with Gasteiger partial charge < -0.3 is 10.2 Å². The Balaban J connectivity index is 1.89. The van der Waals surface area contributed by atoms with Gasteiger partial charge in [-0.15, -0.1) is 0 Å². The van der Waals surface area contributed by atoms with Crippen LogP contribution in [0.1, 0.15) is 22.7 Å². The molecule has 4 heteroatoms. The molecule has 0 radical (unpaired) electrons. The molecule has 108 valence electrons. The molecular formula is C17H18N2O2. The Hall–Kier alpha value is -2.33. The van der Waals surface area contributed by atoms with Crippen LogP contribution in [0.25, 0.3) is 11.1 Å². The smallest absolute Gasteiger partial charge is 0.408 e. The number of oxazole rings is 1. The highest BCUT2D eigenvalue weighted by molar-refractivity contribution is 5.73. The van der Waals surface area contributed by atoms with Gasteiger partial charge >= 0.3 is 5.76 Å². The van der Waals surface area contributed by atoms with Crippen LogP contribution in [-0.2, 0) is 13.5 Å². The molecule has 0 aliphatic carbocycles. The first-order valence-electron chi connectivity index (χ1n) is 6.95. The topological polar surface area (TPSA) is 61.2 Å². The summed E-state index contributed by atoms with van der Waals surface area (Å²) in [6, 6.07) is 13.9. The van der Waals surface area contributed by atoms with Gasteiger partial charge in [-0.1, -0.05) is 35.9 Å². The van der Waals surface area contributed by atoms with E-state index in [1.807, 2.05) is 18.2 Å². The van der Waals surface area contributed by atoms with Crippen LogP contribution < -0.4 is 11.5 Å². The molecule has 3 rings (SSSR count). The Labute approximate surface area is 122 Å². The maximum Gasteiger partial charge on any atom is 0.419 e. The molecule has 0 aliphatic rings. The average Bonchev–Trinajstić information content (AvgIpc) is 2.76. The zero-order valence-electron chi connectivity index (χ0n) is 12.2. The molecule has 21 heavy (non-hydrogen) atoms. The third-order valence-corrected chi connectivity index (χ3v) is 3.82. The van der Waals surface area contributed by atoms with Crippen molar-refractivity contribution in [1.29, 1.82) is 0 Å². The quantitative estimate of drug-likeness (QED) is 0.803. The van der Waals surface area contributed by atoms with E-state index in [9.17, 15) is 4.79 Å². The van der Waals surface area contributed by atoms with Gasteiger partial charge in [0.2, 0.25) is 0 Å². The molecule has 1 aromatic heterocycles. The van der Waals surface area contributed by atoms with Crippen molar-refractivity contribution in [2.75, 3.05) is 0 Å². The van der Waals surface area contributed by atoms with Crippen LogP contribution in [0.3, 0.4) is 0 Å². The predicted molar refractivity (Wildman–Crippen MR) is 83.3 cm³/mol. The molecule has 0 aliphatic heterocycles. The van der Waals surface area contributed by atoms with E-state index in [0.29, 0.717) is 5.58 Å². The van der Waals surface area contributed by atoms with Crippen LogP contribution in [0.5, 0.6) is 0 Å². The average molecular weight is 282 g/mol. The Kier molecular flexibility index (Phi) is 3.39. The molecule has 0 bridgehead atoms. The number of benzene rings is 2. The van der Waals surface area contributed by atoms with Crippen molar-refractivity contribution in [3.8, 4) is 0 Å². The summed E-state index contributed by atoms with van der Waals surface area (Å²) in [7, 11) is 1.69. The Morgan fingerprint density at radius 3 is 2.62 bits per heavy atom. The molecule has 2 aromatic carbocycles. The first-order chi connectivity index (χ1) is 10.0. The number of nitrogens with two attached hydrogens (primary N) is 1. The minimum Gasteiger partial charge on any atom is -0.408 e. The molecule has 0 saturated heterocycles. The van der Waals surface area contributed by atoms with Gasteiger partial charge in [0, 0.05) is 13.1 Å². The van der Waals surface area contributed by atoms with Crippen molar-refractivity contribution in [2.45, 2.75) is 19.4 Å². The van der Waals surface area contributed by atoms with Gasteiger partial charge in [-0.3, -0.25) is 4.57 Å². The van der Waals surface area contributed by atoms with E-state index in [4.69, 9.17) is 10.2 Å². The maximum absolute atomic E-state index is 11.5. The van der Waals surface area contributed by atoms with Gasteiger partial charge in [0.15, 0.2) is 5.58 Å². The van der Waals surface area contributed by atoms with Crippen LogP contribution >= 0.6 is 0 Å². The van der Waals surface area contributed by atoms with Gasteiger partial charge in [0.25, 0.3) is 0 Å². The van der Waals surface area contributed by atoms with Crippen molar-refractivity contribution in [3.63, 3.8) is 0 Å². The zero-order valence-corrected chi connectivity index (χ0v) is 12.2. The molecular weight excluding hydrogens is 264 g/mol. The summed E-state index contributed by atoms with van der Waals surface area (Å²) in [6.45, 7) is 2.06. The second kappa shape index (κ2) is 5.22. The van der Waals surface area contributed by atoms with E-state index in [1.54, 1.807) is 7.05 Å². The second-order valence-electron chi connectivity index (χ2n) is 5.45. The van der Waals surface area contributed by atoms with Gasteiger partial charge in [-0.25, -0.2) is 4.79 Å². The molecule has 0 spiro atoms. The van der Waals surface area contributed by atoms with Crippen molar-refractivity contribution < 1.29 is 4.42 Å². The number of rotatable bonds is 3. The highest BCUT2D eigenvalue weighted by atomic mass is 16.4. The summed E-state index contributed by atoms with van der Waals surface area (Å²) in [5, 5.41) is 0. The Morgan fingerprint density at radius 1 is 1.19 bits per heavy atom. The lowest BCUT2D eigenvalue weighted by Crippen LogP contribution is -2.13. The molecule has 1 heterocycles. The number of nitrogens with zero attached hydrogens (tertiary/aromatic N) is 1. The fourth-order valence-electron chi connectivity index (χ4n) is 2.48. The van der Waals surface area contributed by atoms with E-state index in [0.717, 1.165) is 17.5 Å². The summed E-state index contributed by atoms with van der Waals surface area (Å²) in [5.74, 6) is -0.353. The summed E-state index contributed by atoms with van der Waals surface area (Å²) < 4.78 is 6.70. The Bertz CT molecular complexity index is 828. The summed E-state index contributed by atoms with van der Waals surface area (Å²) >= 11 is 0. The lowest BCUT2D eigenvalue weighted by Gasteiger charge is -2.12. The SMILES string of the molecule is Cc1ccc(CC(N)c2ccc3c(c2)oc(=O)n3C)cc1. The van der Waals surface area contributed by atoms with Crippen LogP contribution in [0.15, 0.2) is 51.7 Å². The largest absolute Gasteiger partial charge is 0.419 e. The van der Waals surface area contributed by atoms with Crippen molar-refractivity contribution >= 4 is 11.1 Å². The van der Waals surface area contributed by atoms with Gasteiger partial charge in [0.1, 0.15) is 0 Å². The minimum atomic E-state index is -0.353. The molecule has 1 unspecified atom stereocenters. The van der Waals surface area contributed by atoms with E-state index >= 15 is 0 Å². The number of aromatic nitrogens is 1. The first-order valence-corrected chi connectivity index (χ1v) is 6.95. The summed E-state index contributed by atoms with van der Waals surface area (Å²) in [4.78, 5) is 11.5. The third-order valence-electron chi connectivity index (χ3n) is 3.82. The van der Waals surface area contributed by atoms with Crippen molar-refractivity contribution in [2.24, 2.45) is 12.8 Å². The van der Waals surface area contributed by atoms with Crippen LogP contribution in [0.2, 0.25) is 0 Å². The molecule has 0 amide bonds. The molecule has 0 fully saturated rings. The normalized spacial score (nSPS) is 12.7. The van der Waals surface area contributed by atoms with E-state index in [2.05, 4.69) is 31.2 Å². The maximum atomic E-state index is 11.5. The zero-order chi connectivity index (χ0) is 15.0. The fraction of sp³-hybridized carbons (Fsp3) is 0.235. The lowest BCUT2D eigenvalue weighted by atomic mass is 9.99. The van der Waals surface area contributed by atoms with Gasteiger partial charge in [0.05, 0.1) is 5.52 Å². The van der Waals surface area contributed by atoms with Gasteiger partial charge in [-0.2, -0.15) is 0 Å². The number of aryl methyl sites for hydroxylation is 2. The van der Waals surface area contributed by atoms with Crippen LogP contribution in [0.4, 0.5) is 0 Å². The Morgan fingerprint density at radius 2 is 1.90 bits per heavy atom. The lowest BCUT2D eigenvalue weighted by molar-refractivity contribution is 0.527. The standard InChI is InChI=1S/C17H18N2O2/c1-11-3-5-12(6-4-11)9-14(18)13-7-8-15-16(10-13)21-17(20)19(15)2/h3-8,10,14H,9,18H2,1-2H3. The predicted octanol–water partition coefficient (Wildman–Crippen LogP) is 2.68. The summed E-state index contributed by atoms with van der Waals surface area (Å²) in [6.07, 6.45) is 0.753. The third kappa shape index (κ3) is 2.62. The number of hydrogen-bond acceptors (Lipinski definition) is 3. The fourth-order valence-corrected chi connectivity index (χ4v) is 2.48. The van der Waals surface area contributed by atoms with E-state index in [-0.39, 0.29) is 11.8 Å². The van der Waals surface area contributed by atoms with Gasteiger partial charge in [-0.05, 0) is 36.6 Å². The monoisotopic (exact) mass is 282 g/mol. The number of fused-ring (bicyclic) bond motifs is 1. The molecule has 2 N–H and O–H groups in total. The van der Waals surface area contributed by atoms with Crippen LogP contribution in [0, 0.1) is 6.92 Å². The van der Waals surface area contributed by atoms with Crippen LogP contribution in [-0.4, -0.2) is 4.57 Å². The van der Waals surface area contributed by atoms with Crippen molar-refractivity contribution in [3.05, 3.63) is 69.7 Å². The van der Waals surface area contributed by atoms with Crippen molar-refractivity contribution in [1.82, 2.24) is 4.57 Å². The molecule has 4 nitrogen and oxygen atoms in total. The van der Waals surface area contributed by atoms with E-state index in [1.165, 1.54) is 15.7 Å². The first kappa shape index (κ1) is 13.6. The minimum absolute atomic E-state index is 0.123. The highest BCUT2D eigenvalue weighted by Gasteiger charge is 2.11. The highest BCUT2D eigenvalue weighted by Crippen LogP contribution is 2.21. The molecule has 1 atom stereocenters.